The lowest BCUT2D eigenvalue weighted by Gasteiger charge is -2.23. The second-order valence-electron chi connectivity index (χ2n) is 9.06. The number of imidazole rings is 1. The topological polar surface area (TPSA) is 131 Å². The number of hydrogen-bond donors (Lipinski definition) is 3. The fourth-order valence-corrected chi connectivity index (χ4v) is 4.44. The molecule has 1 atom stereocenters. The van der Waals surface area contributed by atoms with Gasteiger partial charge in [0.2, 0.25) is 5.91 Å². The number of anilines is 2. The highest BCUT2D eigenvalue weighted by Crippen LogP contribution is 2.46. The lowest BCUT2D eigenvalue weighted by atomic mass is 9.77. The zero-order chi connectivity index (χ0) is 24.2. The molecule has 3 aromatic heterocycles. The Balaban J connectivity index is 1.62. The zero-order valence-electron chi connectivity index (χ0n) is 19.0. The van der Waals surface area contributed by atoms with E-state index in [1.54, 1.807) is 25.4 Å². The highest BCUT2D eigenvalue weighted by molar-refractivity contribution is 6.32. The molecule has 0 saturated heterocycles. The van der Waals surface area contributed by atoms with Gasteiger partial charge in [-0.15, -0.1) is 0 Å². The summed E-state index contributed by atoms with van der Waals surface area (Å²) in [5, 5.41) is 13.1. The van der Waals surface area contributed by atoms with E-state index in [9.17, 15) is 9.90 Å². The first-order valence-electron chi connectivity index (χ1n) is 11.0. The fourth-order valence-electron chi connectivity index (χ4n) is 4.32. The Hall–Kier alpha value is -3.72. The summed E-state index contributed by atoms with van der Waals surface area (Å²) in [7, 11) is 0. The van der Waals surface area contributed by atoms with Crippen LogP contribution in [0.4, 0.5) is 11.6 Å². The predicted octanol–water partition coefficient (Wildman–Crippen LogP) is 3.97. The van der Waals surface area contributed by atoms with E-state index in [0.717, 1.165) is 24.2 Å². The number of nitrogens with two attached hydrogens (primary N) is 1. The maximum absolute atomic E-state index is 13.1. The van der Waals surface area contributed by atoms with Crippen molar-refractivity contribution in [3.05, 3.63) is 58.6 Å². The van der Waals surface area contributed by atoms with Crippen molar-refractivity contribution >= 4 is 34.8 Å². The number of fused-ring (bicyclic) bond motifs is 2. The summed E-state index contributed by atoms with van der Waals surface area (Å²) >= 11 is 5.96. The minimum absolute atomic E-state index is 0.121. The molecule has 4 N–H and O–H groups in total. The largest absolute Gasteiger partial charge is 0.506 e. The Bertz CT molecular complexity index is 1450. The van der Waals surface area contributed by atoms with Crippen LogP contribution in [-0.4, -0.2) is 35.4 Å². The van der Waals surface area contributed by atoms with Gasteiger partial charge < -0.3 is 20.6 Å². The number of nitrogen functional groups attached to an aromatic ring is 1. The summed E-state index contributed by atoms with van der Waals surface area (Å²) in [6, 6.07) is 4.68. The van der Waals surface area contributed by atoms with Crippen molar-refractivity contribution in [2.75, 3.05) is 11.1 Å². The average Bonchev–Trinajstić information content (AvgIpc) is 3.36. The molecule has 1 amide bonds. The lowest BCUT2D eigenvalue weighted by Crippen LogP contribution is -2.32. The number of carbonyl (C=O) groups is 1. The van der Waals surface area contributed by atoms with Crippen LogP contribution in [0, 0.1) is 5.92 Å². The predicted molar refractivity (Wildman–Crippen MR) is 130 cm³/mol. The van der Waals surface area contributed by atoms with Crippen molar-refractivity contribution in [3.8, 4) is 17.3 Å². The lowest BCUT2D eigenvalue weighted by molar-refractivity contribution is -0.119. The highest BCUT2D eigenvalue weighted by Gasteiger charge is 2.47. The number of aromatic nitrogens is 5. The van der Waals surface area contributed by atoms with Gasteiger partial charge in [-0.2, -0.15) is 0 Å². The number of halogens is 1. The van der Waals surface area contributed by atoms with Gasteiger partial charge in [0.25, 0.3) is 0 Å². The number of aromatic hydroxyl groups is 1. The third-order valence-electron chi connectivity index (χ3n) is 6.28. The molecule has 1 aliphatic heterocycles. The molecular formula is C24H24ClN7O2. The van der Waals surface area contributed by atoms with Crippen LogP contribution in [0.15, 0.2) is 36.8 Å². The third-order valence-corrected chi connectivity index (χ3v) is 6.60. The van der Waals surface area contributed by atoms with E-state index in [-0.39, 0.29) is 22.5 Å². The number of hydrogen-bond acceptors (Lipinski definition) is 7. The molecule has 0 radical (unpaired) electrons. The highest BCUT2D eigenvalue weighted by atomic mass is 35.5. The van der Waals surface area contributed by atoms with Crippen molar-refractivity contribution in [2.24, 2.45) is 5.92 Å². The Morgan fingerprint density at radius 1 is 1.26 bits per heavy atom. The number of rotatable bonds is 5. The molecule has 0 saturated carbocycles. The van der Waals surface area contributed by atoms with Crippen LogP contribution < -0.4 is 11.1 Å². The fraction of sp³-hybridized carbons (Fsp3) is 0.292. The summed E-state index contributed by atoms with van der Waals surface area (Å²) in [6.07, 6.45) is 7.11. The van der Waals surface area contributed by atoms with Crippen LogP contribution in [0.3, 0.4) is 0 Å². The number of aryl methyl sites for hydroxylation is 1. The van der Waals surface area contributed by atoms with Gasteiger partial charge in [-0.05, 0) is 43.4 Å². The number of nitrogens with one attached hydrogen (secondary N) is 1. The molecule has 1 aliphatic rings. The quantitative estimate of drug-likeness (QED) is 0.396. The van der Waals surface area contributed by atoms with Crippen LogP contribution in [0.5, 0.6) is 5.75 Å². The molecular weight excluding hydrogens is 454 g/mol. The molecule has 4 aromatic rings. The second kappa shape index (κ2) is 7.95. The molecule has 5 rings (SSSR count). The van der Waals surface area contributed by atoms with Gasteiger partial charge in [0.1, 0.15) is 28.5 Å². The standard InChI is InChI=1S/C24H24ClN7O2/c1-12(2)4-7-15-22-27-8-9-32(22)11-16(28-15)20-29-19(26)18-21(30-20)31-23(34)24(18,3)13-5-6-14(25)17(33)10-13/h5-6,8-12,33H,4,7H2,1-3H3,(H3,26,29,30,31,34)/t24-/m1/s1. The molecule has 1 aromatic carbocycles. The van der Waals surface area contributed by atoms with Gasteiger partial charge in [0.05, 0.1) is 16.3 Å². The molecule has 0 fully saturated rings. The smallest absolute Gasteiger partial charge is 0.240 e. The number of amides is 1. The summed E-state index contributed by atoms with van der Waals surface area (Å²) in [5.41, 5.74) is 8.37. The van der Waals surface area contributed by atoms with E-state index in [1.165, 1.54) is 12.1 Å². The summed E-state index contributed by atoms with van der Waals surface area (Å²) in [4.78, 5) is 31.5. The van der Waals surface area contributed by atoms with E-state index in [4.69, 9.17) is 22.3 Å². The maximum atomic E-state index is 13.1. The third kappa shape index (κ3) is 3.43. The minimum Gasteiger partial charge on any atom is -0.506 e. The Labute approximate surface area is 201 Å². The molecule has 0 bridgehead atoms. The average molecular weight is 478 g/mol. The van der Waals surface area contributed by atoms with Crippen molar-refractivity contribution in [2.45, 2.75) is 39.0 Å². The Morgan fingerprint density at radius 3 is 2.79 bits per heavy atom. The van der Waals surface area contributed by atoms with Crippen LogP contribution in [0.2, 0.25) is 5.02 Å². The molecule has 4 heterocycles. The SMILES string of the molecule is CC(C)CCc1nc(-c2nc(N)c3c(n2)NC(=O)[C@]3(C)c2ccc(Cl)c(O)c2)cn2ccnc12. The minimum atomic E-state index is -1.19. The van der Waals surface area contributed by atoms with Crippen molar-refractivity contribution in [1.82, 2.24) is 24.3 Å². The van der Waals surface area contributed by atoms with Crippen LogP contribution in [-0.2, 0) is 16.6 Å². The van der Waals surface area contributed by atoms with Crippen LogP contribution in [0.25, 0.3) is 17.2 Å². The molecule has 10 heteroatoms. The molecule has 0 unspecified atom stereocenters. The maximum Gasteiger partial charge on any atom is 0.240 e. The number of carbonyl (C=O) groups excluding carboxylic acids is 1. The molecule has 9 nitrogen and oxygen atoms in total. The summed E-state index contributed by atoms with van der Waals surface area (Å²) in [6.45, 7) is 6.05. The van der Waals surface area contributed by atoms with E-state index in [1.807, 2.05) is 10.6 Å². The van der Waals surface area contributed by atoms with E-state index >= 15 is 0 Å². The normalized spacial score (nSPS) is 17.4. The summed E-state index contributed by atoms with van der Waals surface area (Å²) in [5.74, 6) is 0.864. The van der Waals surface area contributed by atoms with Gasteiger partial charge in [-0.3, -0.25) is 4.79 Å². The number of nitrogens with zero attached hydrogens (tertiary/aromatic N) is 5. The molecule has 0 aliphatic carbocycles. The van der Waals surface area contributed by atoms with E-state index in [0.29, 0.717) is 34.4 Å². The molecule has 174 valence electrons. The van der Waals surface area contributed by atoms with Crippen molar-refractivity contribution < 1.29 is 9.90 Å². The number of phenolic OH excluding ortho intramolecular Hbond substituents is 1. The number of benzene rings is 1. The van der Waals surface area contributed by atoms with Crippen LogP contribution >= 0.6 is 11.6 Å². The van der Waals surface area contributed by atoms with Crippen LogP contribution in [0.1, 0.15) is 44.0 Å². The van der Waals surface area contributed by atoms with Gasteiger partial charge in [-0.25, -0.2) is 19.9 Å². The van der Waals surface area contributed by atoms with Gasteiger partial charge >= 0.3 is 0 Å². The monoisotopic (exact) mass is 477 g/mol. The number of phenols is 1. The van der Waals surface area contributed by atoms with Crippen molar-refractivity contribution in [1.29, 1.82) is 0 Å². The van der Waals surface area contributed by atoms with Gasteiger partial charge in [0, 0.05) is 18.6 Å². The van der Waals surface area contributed by atoms with E-state index in [2.05, 4.69) is 34.1 Å². The summed E-state index contributed by atoms with van der Waals surface area (Å²) < 4.78 is 1.89. The first-order valence-corrected chi connectivity index (χ1v) is 11.4. The first-order chi connectivity index (χ1) is 16.2. The second-order valence-corrected chi connectivity index (χ2v) is 9.47. The van der Waals surface area contributed by atoms with Gasteiger partial charge in [0.15, 0.2) is 11.5 Å². The Morgan fingerprint density at radius 2 is 2.06 bits per heavy atom. The zero-order valence-corrected chi connectivity index (χ0v) is 19.8. The van der Waals surface area contributed by atoms with Crippen molar-refractivity contribution in [3.63, 3.8) is 0 Å². The van der Waals surface area contributed by atoms with E-state index < -0.39 is 5.41 Å². The van der Waals surface area contributed by atoms with Gasteiger partial charge in [-0.1, -0.05) is 31.5 Å². The first kappa shape index (κ1) is 22.1. The Kier molecular flexibility index (Phi) is 5.16. The molecule has 34 heavy (non-hydrogen) atoms. The molecule has 0 spiro atoms.